The van der Waals surface area contributed by atoms with Crippen LogP contribution in [0.5, 0.6) is 0 Å². The molecule has 0 unspecified atom stereocenters. The lowest BCUT2D eigenvalue weighted by Crippen LogP contribution is -2.45. The summed E-state index contributed by atoms with van der Waals surface area (Å²) in [6, 6.07) is 14.1. The highest BCUT2D eigenvalue weighted by molar-refractivity contribution is 6.31. The smallest absolute Gasteiger partial charge is 0.354 e. The van der Waals surface area contributed by atoms with E-state index < -0.39 is 11.5 Å². The number of hydrogen-bond acceptors (Lipinski definition) is 6. The van der Waals surface area contributed by atoms with Gasteiger partial charge in [-0.15, -0.1) is 0 Å². The number of nitrogens with one attached hydrogen (secondary N) is 3. The van der Waals surface area contributed by atoms with Crippen LogP contribution >= 0.6 is 11.6 Å². The molecule has 2 aromatic carbocycles. The number of benzene rings is 2. The van der Waals surface area contributed by atoms with Gasteiger partial charge < -0.3 is 20.8 Å². The van der Waals surface area contributed by atoms with Crippen molar-refractivity contribution < 1.29 is 9.13 Å². The molecule has 0 spiro atoms. The van der Waals surface area contributed by atoms with Gasteiger partial charge in [-0.1, -0.05) is 23.7 Å². The van der Waals surface area contributed by atoms with Gasteiger partial charge in [0.15, 0.2) is 5.82 Å². The number of aryl methyl sites for hydroxylation is 1. The normalized spacial score (nSPS) is 17.8. The van der Waals surface area contributed by atoms with Crippen LogP contribution in [0.3, 0.4) is 0 Å². The van der Waals surface area contributed by atoms with Crippen LogP contribution in [0.25, 0.3) is 28.0 Å². The maximum Gasteiger partial charge on any atom is 0.354 e. The summed E-state index contributed by atoms with van der Waals surface area (Å²) < 4.78 is 22.2. The molecule has 1 fully saturated rings. The van der Waals surface area contributed by atoms with Gasteiger partial charge in [0.2, 0.25) is 0 Å². The molecule has 2 aromatic heterocycles. The maximum atomic E-state index is 15.2. The first-order valence-electron chi connectivity index (χ1n) is 16.1. The standard InChI is InChI=1S/C35H45ClFN7O2/c1-22(38)6-4-7-24-18-29(33(37)30(36)19-24)31-20-26-21-44(35(45)42-34(26)41-31)28-12-10-25(11-13-28)32-9-5-8-27(14-15-40-23(2)39)43(32)16-17-46-3/h10-13,18-22,27,32H,4-9,14-17,38H2,1-3H3,(H2,39,40)(H,41,42,45)/t22-,27-,32-/m0/s1. The number of rotatable bonds is 13. The van der Waals surface area contributed by atoms with E-state index in [0.29, 0.717) is 46.5 Å². The van der Waals surface area contributed by atoms with Crippen molar-refractivity contribution in [3.05, 3.63) is 81.1 Å². The first-order chi connectivity index (χ1) is 22.1. The minimum Gasteiger partial charge on any atom is -0.383 e. The van der Waals surface area contributed by atoms with Crippen molar-refractivity contribution in [1.29, 1.82) is 5.41 Å². The zero-order chi connectivity index (χ0) is 32.8. The van der Waals surface area contributed by atoms with Gasteiger partial charge in [0.25, 0.3) is 0 Å². The van der Waals surface area contributed by atoms with Crippen molar-refractivity contribution in [3.63, 3.8) is 0 Å². The highest BCUT2D eigenvalue weighted by Crippen LogP contribution is 2.36. The second kappa shape index (κ2) is 15.3. The Kier molecular flexibility index (Phi) is 11.3. The first kappa shape index (κ1) is 33.8. The Morgan fingerprint density at radius 1 is 1.26 bits per heavy atom. The predicted molar refractivity (Wildman–Crippen MR) is 184 cm³/mol. The number of aromatic amines is 1. The second-order valence-electron chi connectivity index (χ2n) is 12.5. The molecule has 4 aromatic rings. The second-order valence-corrected chi connectivity index (χ2v) is 12.9. The number of halogens is 2. The number of hydrogen-bond donors (Lipinski definition) is 4. The maximum absolute atomic E-state index is 15.2. The summed E-state index contributed by atoms with van der Waals surface area (Å²) in [7, 11) is 1.73. The lowest BCUT2D eigenvalue weighted by molar-refractivity contribution is 0.0476. The van der Waals surface area contributed by atoms with Gasteiger partial charge in [-0.2, -0.15) is 4.98 Å². The summed E-state index contributed by atoms with van der Waals surface area (Å²) in [6.07, 6.45) is 8.47. The molecule has 9 nitrogen and oxygen atoms in total. The molecule has 246 valence electrons. The van der Waals surface area contributed by atoms with E-state index in [1.165, 1.54) is 10.1 Å². The van der Waals surface area contributed by atoms with Crippen molar-refractivity contribution in [2.45, 2.75) is 76.9 Å². The predicted octanol–water partition coefficient (Wildman–Crippen LogP) is 6.36. The lowest BCUT2D eigenvalue weighted by Gasteiger charge is -2.42. The molecule has 5 rings (SSSR count). The van der Waals surface area contributed by atoms with Crippen molar-refractivity contribution in [2.24, 2.45) is 5.73 Å². The number of H-pyrrole nitrogens is 1. The topological polar surface area (TPSA) is 125 Å². The van der Waals surface area contributed by atoms with Crippen molar-refractivity contribution in [3.8, 4) is 16.9 Å². The van der Waals surface area contributed by atoms with Crippen LogP contribution in [0.1, 0.15) is 69.5 Å². The number of methoxy groups -OCH3 is 1. The van der Waals surface area contributed by atoms with E-state index in [1.54, 1.807) is 38.4 Å². The van der Waals surface area contributed by atoms with Crippen LogP contribution in [0.2, 0.25) is 5.02 Å². The number of likely N-dealkylation sites (tertiary alicyclic amines) is 1. The Morgan fingerprint density at radius 3 is 2.76 bits per heavy atom. The van der Waals surface area contributed by atoms with E-state index in [0.717, 1.165) is 63.6 Å². The molecular weight excluding hydrogens is 605 g/mol. The number of nitrogens with zero attached hydrogens (tertiary/aromatic N) is 3. The third-order valence-corrected chi connectivity index (χ3v) is 9.15. The fraction of sp³-hybridized carbons (Fsp3) is 0.457. The van der Waals surface area contributed by atoms with Crippen LogP contribution < -0.4 is 16.7 Å². The van der Waals surface area contributed by atoms with Crippen molar-refractivity contribution >= 4 is 28.5 Å². The van der Waals surface area contributed by atoms with Gasteiger partial charge in [0, 0.05) is 55.5 Å². The Labute approximate surface area is 274 Å². The Hall–Kier alpha value is -3.57. The van der Waals surface area contributed by atoms with E-state index in [2.05, 4.69) is 32.3 Å². The zero-order valence-corrected chi connectivity index (χ0v) is 27.7. The average molecular weight is 650 g/mol. The van der Waals surface area contributed by atoms with Gasteiger partial charge in [-0.05, 0) is 100 Å². The highest BCUT2D eigenvalue weighted by atomic mass is 35.5. The summed E-state index contributed by atoms with van der Waals surface area (Å²) in [5.74, 6) is -0.0275. The molecule has 0 bridgehead atoms. The zero-order valence-electron chi connectivity index (χ0n) is 26.9. The molecule has 0 amide bonds. The van der Waals surface area contributed by atoms with E-state index >= 15 is 4.39 Å². The van der Waals surface area contributed by atoms with Crippen LogP contribution in [0.4, 0.5) is 4.39 Å². The fourth-order valence-corrected chi connectivity index (χ4v) is 6.80. The Bertz CT molecular complexity index is 1700. The molecule has 1 saturated heterocycles. The van der Waals surface area contributed by atoms with E-state index in [9.17, 15) is 4.79 Å². The SMILES string of the molecule is COCCN1[C@H](CCNC(C)=N)CCC[C@H]1c1ccc(-n2cc3cc(-c4cc(CCC[C@H](C)N)cc(Cl)c4F)[nH]c3nc2=O)cc1. The minimum atomic E-state index is -0.513. The Balaban J connectivity index is 1.38. The number of amidine groups is 1. The fourth-order valence-electron chi connectivity index (χ4n) is 6.56. The molecule has 3 atom stereocenters. The first-order valence-corrected chi connectivity index (χ1v) is 16.5. The number of nitrogens with two attached hydrogens (primary N) is 1. The number of ether oxygens (including phenoxy) is 1. The average Bonchev–Trinajstić information content (AvgIpc) is 3.43. The van der Waals surface area contributed by atoms with E-state index in [-0.39, 0.29) is 17.1 Å². The molecule has 5 N–H and O–H groups in total. The summed E-state index contributed by atoms with van der Waals surface area (Å²) in [5, 5.41) is 11.6. The number of aromatic nitrogens is 3. The van der Waals surface area contributed by atoms with Crippen LogP contribution in [0, 0.1) is 11.2 Å². The van der Waals surface area contributed by atoms with Gasteiger partial charge in [0.05, 0.1) is 28.8 Å². The lowest BCUT2D eigenvalue weighted by atomic mass is 9.89. The molecule has 1 aliphatic rings. The third kappa shape index (κ3) is 8.04. The van der Waals surface area contributed by atoms with E-state index in [1.807, 2.05) is 19.1 Å². The number of piperidine rings is 1. The summed E-state index contributed by atoms with van der Waals surface area (Å²) in [4.78, 5) is 23.1. The molecular formula is C35H45ClFN7O2. The minimum absolute atomic E-state index is 0.0581. The van der Waals surface area contributed by atoms with Gasteiger partial charge >= 0.3 is 5.69 Å². The van der Waals surface area contributed by atoms with Gasteiger partial charge in [-0.25, -0.2) is 9.18 Å². The summed E-state index contributed by atoms with van der Waals surface area (Å²) >= 11 is 6.28. The van der Waals surface area contributed by atoms with Crippen LogP contribution in [-0.2, 0) is 11.2 Å². The largest absolute Gasteiger partial charge is 0.383 e. The molecule has 0 radical (unpaired) electrons. The highest BCUT2D eigenvalue weighted by Gasteiger charge is 2.31. The Morgan fingerprint density at radius 2 is 2.04 bits per heavy atom. The third-order valence-electron chi connectivity index (χ3n) is 8.87. The summed E-state index contributed by atoms with van der Waals surface area (Å²) in [5.41, 5.74) is 9.54. The molecule has 3 heterocycles. The number of fused-ring (bicyclic) bond motifs is 1. The van der Waals surface area contributed by atoms with Gasteiger partial charge in [0.1, 0.15) is 5.65 Å². The molecule has 46 heavy (non-hydrogen) atoms. The van der Waals surface area contributed by atoms with Gasteiger partial charge in [-0.3, -0.25) is 14.9 Å². The van der Waals surface area contributed by atoms with Crippen molar-refractivity contribution in [2.75, 3.05) is 26.8 Å². The quantitative estimate of drug-likeness (QED) is 0.0987. The molecule has 11 heteroatoms. The monoisotopic (exact) mass is 649 g/mol. The molecule has 0 saturated carbocycles. The molecule has 1 aliphatic heterocycles. The van der Waals surface area contributed by atoms with E-state index in [4.69, 9.17) is 27.5 Å². The van der Waals surface area contributed by atoms with Crippen LogP contribution in [-0.4, -0.2) is 64.2 Å². The van der Waals surface area contributed by atoms with Crippen molar-refractivity contribution in [1.82, 2.24) is 24.8 Å². The van der Waals surface area contributed by atoms with Crippen LogP contribution in [0.15, 0.2) is 53.5 Å². The summed E-state index contributed by atoms with van der Waals surface area (Å²) in [6.45, 7) is 5.98. The molecule has 0 aliphatic carbocycles.